The van der Waals surface area contributed by atoms with Crippen molar-refractivity contribution in [2.75, 3.05) is 0 Å². The predicted molar refractivity (Wildman–Crippen MR) is 38.3 cm³/mol. The van der Waals surface area contributed by atoms with Gasteiger partial charge in [0.1, 0.15) is 5.82 Å². The first-order valence-electron chi connectivity index (χ1n) is 3.08. The Morgan fingerprint density at radius 2 is 2.36 bits per heavy atom. The summed E-state index contributed by atoms with van der Waals surface area (Å²) in [6.07, 6.45) is -0.907. The fourth-order valence-electron chi connectivity index (χ4n) is 0.934. The highest BCUT2D eigenvalue weighted by Gasteiger charge is 2.22. The third-order valence-electron chi connectivity index (χ3n) is 1.47. The number of aliphatic hydroxyl groups is 1. The van der Waals surface area contributed by atoms with Crippen LogP contribution in [0.5, 0.6) is 0 Å². The van der Waals surface area contributed by atoms with Crippen molar-refractivity contribution in [3.63, 3.8) is 0 Å². The Balaban J connectivity index is 2.50. The van der Waals surface area contributed by atoms with Crippen molar-refractivity contribution in [3.8, 4) is 0 Å². The monoisotopic (exact) mass is 172 g/mol. The van der Waals surface area contributed by atoms with Crippen molar-refractivity contribution in [1.29, 1.82) is 0 Å². The number of hydrogen-bond donors (Lipinski definition) is 1. The van der Waals surface area contributed by atoms with E-state index in [0.29, 0.717) is 10.5 Å². The molecule has 1 atom stereocenters. The van der Waals surface area contributed by atoms with Gasteiger partial charge in [-0.3, -0.25) is 4.18 Å². The molecule has 2 nitrogen and oxygen atoms in total. The molecular weight excluding hydrogens is 167 g/mol. The van der Waals surface area contributed by atoms with Gasteiger partial charge in [-0.15, -0.1) is 0 Å². The lowest BCUT2D eigenvalue weighted by Crippen LogP contribution is -1.91. The summed E-state index contributed by atoms with van der Waals surface area (Å²) in [6, 6.07) is 4.17. The number of fused-ring (bicyclic) bond motifs is 1. The van der Waals surface area contributed by atoms with Gasteiger partial charge in [0.05, 0.1) is 0 Å². The van der Waals surface area contributed by atoms with E-state index in [4.69, 9.17) is 9.29 Å². The summed E-state index contributed by atoms with van der Waals surface area (Å²) >= 11 is 1.00. The molecule has 0 aliphatic carbocycles. The summed E-state index contributed by atoms with van der Waals surface area (Å²) in [5.41, 5.74) is 0.636. The van der Waals surface area contributed by atoms with Gasteiger partial charge in [-0.25, -0.2) is 4.39 Å². The van der Waals surface area contributed by atoms with Gasteiger partial charge in [-0.2, -0.15) is 0 Å². The molecule has 1 aromatic carbocycles. The summed E-state index contributed by atoms with van der Waals surface area (Å²) in [5.74, 6) is -0.311. The van der Waals surface area contributed by atoms with Crippen LogP contribution in [0.1, 0.15) is 11.9 Å². The Morgan fingerprint density at radius 3 is 3.18 bits per heavy atom. The normalized spacial score (nSPS) is 21.8. The Kier molecular flexibility index (Phi) is 1.60. The maximum absolute atomic E-state index is 12.5. The standard InChI is InChI=1S/C7H5FO2S/c8-4-1-2-5-6(3-4)11-10-7(5)9/h1-3,7,9H. The van der Waals surface area contributed by atoms with Gasteiger partial charge < -0.3 is 5.11 Å². The van der Waals surface area contributed by atoms with E-state index in [1.54, 1.807) is 0 Å². The lowest BCUT2D eigenvalue weighted by molar-refractivity contribution is 0.00364. The van der Waals surface area contributed by atoms with Crippen molar-refractivity contribution >= 4 is 12.0 Å². The molecule has 0 radical (unpaired) electrons. The lowest BCUT2D eigenvalue weighted by Gasteiger charge is -1.98. The number of aliphatic hydroxyl groups excluding tert-OH is 1. The highest BCUT2D eigenvalue weighted by molar-refractivity contribution is 7.95. The minimum atomic E-state index is -0.907. The van der Waals surface area contributed by atoms with Gasteiger partial charge in [0.15, 0.2) is 6.29 Å². The molecule has 58 valence electrons. The molecule has 1 aromatic rings. The second-order valence-corrected chi connectivity index (χ2v) is 3.01. The molecule has 0 fully saturated rings. The smallest absolute Gasteiger partial charge is 0.196 e. The van der Waals surface area contributed by atoms with Crippen LogP contribution in [0.15, 0.2) is 23.1 Å². The average molecular weight is 172 g/mol. The number of hydrogen-bond acceptors (Lipinski definition) is 3. The third-order valence-corrected chi connectivity index (χ3v) is 2.28. The molecule has 1 aliphatic rings. The van der Waals surface area contributed by atoms with E-state index in [0.717, 1.165) is 12.0 Å². The molecule has 0 saturated heterocycles. The molecule has 1 N–H and O–H groups in total. The molecule has 0 aromatic heterocycles. The fraction of sp³-hybridized carbons (Fsp3) is 0.143. The van der Waals surface area contributed by atoms with E-state index in [1.807, 2.05) is 0 Å². The van der Waals surface area contributed by atoms with Crippen molar-refractivity contribution in [2.45, 2.75) is 11.2 Å². The minimum absolute atomic E-state index is 0.311. The maximum Gasteiger partial charge on any atom is 0.196 e. The Labute approximate surface area is 67.2 Å². The van der Waals surface area contributed by atoms with E-state index in [-0.39, 0.29) is 5.82 Å². The zero-order chi connectivity index (χ0) is 7.84. The average Bonchev–Trinajstić information content (AvgIpc) is 2.32. The van der Waals surface area contributed by atoms with Crippen LogP contribution in [0.4, 0.5) is 4.39 Å². The van der Waals surface area contributed by atoms with E-state index in [9.17, 15) is 4.39 Å². The first-order chi connectivity index (χ1) is 5.27. The van der Waals surface area contributed by atoms with Gasteiger partial charge in [0.25, 0.3) is 0 Å². The van der Waals surface area contributed by atoms with E-state index in [2.05, 4.69) is 0 Å². The second-order valence-electron chi connectivity index (χ2n) is 2.21. The van der Waals surface area contributed by atoms with E-state index < -0.39 is 6.29 Å². The second kappa shape index (κ2) is 2.48. The van der Waals surface area contributed by atoms with Gasteiger partial charge >= 0.3 is 0 Å². The molecular formula is C7H5FO2S. The molecule has 4 heteroatoms. The quantitative estimate of drug-likeness (QED) is 0.605. The van der Waals surface area contributed by atoms with Gasteiger partial charge in [-0.05, 0) is 18.2 Å². The summed E-state index contributed by atoms with van der Waals surface area (Å²) in [5, 5.41) is 9.11. The van der Waals surface area contributed by atoms with Crippen molar-refractivity contribution in [3.05, 3.63) is 29.6 Å². The van der Waals surface area contributed by atoms with E-state index in [1.165, 1.54) is 18.2 Å². The van der Waals surface area contributed by atoms with Crippen LogP contribution in [0.25, 0.3) is 0 Å². The lowest BCUT2D eigenvalue weighted by atomic mass is 10.2. The van der Waals surface area contributed by atoms with Crippen LogP contribution in [0.2, 0.25) is 0 Å². The maximum atomic E-state index is 12.5. The predicted octanol–water partition coefficient (Wildman–Crippen LogP) is 1.85. The highest BCUT2D eigenvalue weighted by atomic mass is 32.2. The Bertz CT molecular complexity index is 290. The zero-order valence-electron chi connectivity index (χ0n) is 5.45. The van der Waals surface area contributed by atoms with Crippen molar-refractivity contribution in [1.82, 2.24) is 0 Å². The van der Waals surface area contributed by atoms with Crippen LogP contribution in [-0.2, 0) is 4.18 Å². The largest absolute Gasteiger partial charge is 0.363 e. The summed E-state index contributed by atoms with van der Waals surface area (Å²) in [4.78, 5) is 0.650. The van der Waals surface area contributed by atoms with Gasteiger partial charge in [-0.1, -0.05) is 0 Å². The zero-order valence-corrected chi connectivity index (χ0v) is 6.27. The Hall–Kier alpha value is -0.580. The van der Waals surface area contributed by atoms with Crippen molar-refractivity contribution in [2.24, 2.45) is 0 Å². The van der Waals surface area contributed by atoms with Gasteiger partial charge in [0, 0.05) is 22.5 Å². The first-order valence-corrected chi connectivity index (χ1v) is 3.82. The molecule has 11 heavy (non-hydrogen) atoms. The van der Waals surface area contributed by atoms with Crippen LogP contribution in [0, 0.1) is 5.82 Å². The van der Waals surface area contributed by atoms with Crippen LogP contribution in [0.3, 0.4) is 0 Å². The molecule has 0 amide bonds. The molecule has 1 heterocycles. The summed E-state index contributed by atoms with van der Waals surface area (Å²) in [7, 11) is 0. The molecule has 1 aliphatic heterocycles. The SMILES string of the molecule is OC1OSc2cc(F)ccc21. The number of benzene rings is 1. The van der Waals surface area contributed by atoms with Crippen LogP contribution >= 0.6 is 12.0 Å². The number of halogens is 1. The molecule has 1 unspecified atom stereocenters. The van der Waals surface area contributed by atoms with Crippen LogP contribution in [-0.4, -0.2) is 5.11 Å². The molecule has 0 spiro atoms. The molecule has 2 rings (SSSR count). The fourth-order valence-corrected chi connectivity index (χ4v) is 1.66. The third kappa shape index (κ3) is 1.13. The molecule has 0 bridgehead atoms. The topological polar surface area (TPSA) is 29.5 Å². The molecule has 0 saturated carbocycles. The Morgan fingerprint density at radius 1 is 1.55 bits per heavy atom. The minimum Gasteiger partial charge on any atom is -0.363 e. The number of rotatable bonds is 0. The highest BCUT2D eigenvalue weighted by Crippen LogP contribution is 2.39. The summed E-state index contributed by atoms with van der Waals surface area (Å²) in [6.45, 7) is 0. The first kappa shape index (κ1) is 7.09. The van der Waals surface area contributed by atoms with Crippen LogP contribution < -0.4 is 0 Å². The van der Waals surface area contributed by atoms with Crippen molar-refractivity contribution < 1.29 is 13.7 Å². The van der Waals surface area contributed by atoms with Gasteiger partial charge in [0.2, 0.25) is 0 Å². The summed E-state index contributed by atoms with van der Waals surface area (Å²) < 4.78 is 17.3. The van der Waals surface area contributed by atoms with E-state index >= 15 is 0 Å².